The number of nitrogens with one attached hydrogen (secondary N) is 1. The average Bonchev–Trinajstić information content (AvgIpc) is 2.25. The Morgan fingerprint density at radius 3 is 2.53 bits per heavy atom. The number of hydrogen-bond donors (Lipinski definition) is 1. The molecule has 5 heteroatoms. The fourth-order valence-electron chi connectivity index (χ4n) is 2.90. The molecule has 0 saturated carbocycles. The second kappa shape index (κ2) is 7.48. The van der Waals surface area contributed by atoms with Gasteiger partial charge in [0.2, 0.25) is 0 Å². The molecule has 1 fully saturated rings. The Labute approximate surface area is 114 Å². The van der Waals surface area contributed by atoms with Gasteiger partial charge >= 0.3 is 6.18 Å². The molecule has 0 radical (unpaired) electrons. The van der Waals surface area contributed by atoms with Gasteiger partial charge in [-0.05, 0) is 44.6 Å². The monoisotopic (exact) mass is 280 g/mol. The molecule has 0 bridgehead atoms. The normalized spacial score (nSPS) is 23.8. The first-order valence-corrected chi connectivity index (χ1v) is 7.28. The number of alkyl halides is 3. The summed E-state index contributed by atoms with van der Waals surface area (Å²) in [5, 5.41) is 2.58. The number of hydrogen-bond acceptors (Lipinski definition) is 2. The minimum atomic E-state index is -4.11. The molecule has 1 rings (SSSR count). The largest absolute Gasteiger partial charge is 0.401 e. The summed E-state index contributed by atoms with van der Waals surface area (Å²) in [5.41, 5.74) is 0. The third-order valence-electron chi connectivity index (χ3n) is 3.56. The van der Waals surface area contributed by atoms with Crippen LogP contribution in [0.5, 0.6) is 0 Å². The highest BCUT2D eigenvalue weighted by Gasteiger charge is 2.28. The maximum Gasteiger partial charge on any atom is 0.401 e. The van der Waals surface area contributed by atoms with Gasteiger partial charge in [0.05, 0.1) is 6.54 Å². The molecule has 1 aliphatic heterocycles. The van der Waals surface area contributed by atoms with E-state index in [9.17, 15) is 13.2 Å². The highest BCUT2D eigenvalue weighted by Crippen LogP contribution is 2.22. The molecule has 19 heavy (non-hydrogen) atoms. The molecule has 0 aromatic heterocycles. The molecule has 0 spiro atoms. The number of halogens is 3. The highest BCUT2D eigenvalue weighted by molar-refractivity contribution is 4.77. The van der Waals surface area contributed by atoms with Crippen molar-refractivity contribution < 1.29 is 13.2 Å². The zero-order valence-electron chi connectivity index (χ0n) is 12.3. The molecule has 0 aromatic rings. The second-order valence-corrected chi connectivity index (χ2v) is 6.29. The van der Waals surface area contributed by atoms with Crippen LogP contribution >= 0.6 is 0 Å². The summed E-state index contributed by atoms with van der Waals surface area (Å²) in [6, 6.07) is -0.0642. The third-order valence-corrected chi connectivity index (χ3v) is 3.56. The zero-order chi connectivity index (χ0) is 14.5. The van der Waals surface area contributed by atoms with Crippen molar-refractivity contribution in [2.45, 2.75) is 52.3 Å². The van der Waals surface area contributed by atoms with Crippen molar-refractivity contribution >= 4 is 0 Å². The van der Waals surface area contributed by atoms with Crippen LogP contribution in [0.1, 0.15) is 40.0 Å². The van der Waals surface area contributed by atoms with E-state index in [4.69, 9.17) is 0 Å². The summed E-state index contributed by atoms with van der Waals surface area (Å²) in [4.78, 5) is 2.45. The summed E-state index contributed by atoms with van der Waals surface area (Å²) >= 11 is 0. The number of likely N-dealkylation sites (tertiary alicyclic amines) is 1. The predicted octanol–water partition coefficient (Wildman–Crippen LogP) is 3.28. The maximum absolute atomic E-state index is 12.1. The van der Waals surface area contributed by atoms with Crippen LogP contribution in [0.2, 0.25) is 0 Å². The smallest absolute Gasteiger partial charge is 0.306 e. The van der Waals surface area contributed by atoms with Gasteiger partial charge in [0.1, 0.15) is 0 Å². The summed E-state index contributed by atoms with van der Waals surface area (Å²) in [5.74, 6) is 1.18. The summed E-state index contributed by atoms with van der Waals surface area (Å²) in [7, 11) is 0. The fraction of sp³-hybridized carbons (Fsp3) is 1.00. The first kappa shape index (κ1) is 16.8. The number of piperidine rings is 1. The van der Waals surface area contributed by atoms with Gasteiger partial charge in [-0.1, -0.05) is 13.8 Å². The van der Waals surface area contributed by atoms with E-state index in [-0.39, 0.29) is 6.04 Å². The zero-order valence-corrected chi connectivity index (χ0v) is 12.3. The van der Waals surface area contributed by atoms with E-state index in [0.29, 0.717) is 11.8 Å². The van der Waals surface area contributed by atoms with E-state index >= 15 is 0 Å². The van der Waals surface area contributed by atoms with Crippen LogP contribution < -0.4 is 5.32 Å². The summed E-state index contributed by atoms with van der Waals surface area (Å²) < 4.78 is 36.4. The Kier molecular flexibility index (Phi) is 6.60. The molecule has 1 aliphatic rings. The van der Waals surface area contributed by atoms with Gasteiger partial charge in [-0.15, -0.1) is 0 Å². The molecule has 1 heterocycles. The van der Waals surface area contributed by atoms with E-state index in [2.05, 4.69) is 24.1 Å². The molecule has 2 atom stereocenters. The van der Waals surface area contributed by atoms with Gasteiger partial charge in [0, 0.05) is 19.1 Å². The van der Waals surface area contributed by atoms with Crippen molar-refractivity contribution in [1.29, 1.82) is 0 Å². The Morgan fingerprint density at radius 2 is 1.95 bits per heavy atom. The Balaban J connectivity index is 2.27. The highest BCUT2D eigenvalue weighted by atomic mass is 19.4. The second-order valence-electron chi connectivity index (χ2n) is 6.29. The van der Waals surface area contributed by atoms with E-state index in [1.807, 2.05) is 6.92 Å². The number of nitrogens with zero attached hydrogens (tertiary/aromatic N) is 1. The quantitative estimate of drug-likeness (QED) is 0.803. The molecule has 2 nitrogen and oxygen atoms in total. The lowest BCUT2D eigenvalue weighted by molar-refractivity contribution is -0.126. The van der Waals surface area contributed by atoms with Crippen molar-refractivity contribution in [2.75, 3.05) is 26.2 Å². The van der Waals surface area contributed by atoms with E-state index in [1.54, 1.807) is 0 Å². The topological polar surface area (TPSA) is 15.3 Å². The molecule has 0 aliphatic carbocycles. The summed E-state index contributed by atoms with van der Waals surface area (Å²) in [6.07, 6.45) is -0.953. The van der Waals surface area contributed by atoms with Crippen molar-refractivity contribution in [1.82, 2.24) is 10.2 Å². The Morgan fingerprint density at radius 1 is 1.26 bits per heavy atom. The minimum absolute atomic E-state index is 0.0642. The lowest BCUT2D eigenvalue weighted by Gasteiger charge is -2.35. The van der Waals surface area contributed by atoms with E-state index < -0.39 is 12.7 Å². The lowest BCUT2D eigenvalue weighted by Crippen LogP contribution is -2.41. The Bertz CT molecular complexity index is 254. The van der Waals surface area contributed by atoms with Crippen LogP contribution in [-0.2, 0) is 0 Å². The Hall–Kier alpha value is -0.290. The summed E-state index contributed by atoms with van der Waals surface area (Å²) in [6.45, 7) is 8.66. The maximum atomic E-state index is 12.1. The van der Waals surface area contributed by atoms with Crippen molar-refractivity contribution in [3.05, 3.63) is 0 Å². The van der Waals surface area contributed by atoms with Crippen molar-refractivity contribution in [3.8, 4) is 0 Å². The van der Waals surface area contributed by atoms with Gasteiger partial charge in [0.25, 0.3) is 0 Å². The molecule has 114 valence electrons. The molecule has 0 aromatic carbocycles. The van der Waals surface area contributed by atoms with Gasteiger partial charge in [-0.3, -0.25) is 0 Å². The first-order chi connectivity index (χ1) is 8.76. The molecule has 0 amide bonds. The van der Waals surface area contributed by atoms with Crippen LogP contribution in [0.4, 0.5) is 13.2 Å². The molecule has 1 N–H and O–H groups in total. The fourth-order valence-corrected chi connectivity index (χ4v) is 2.90. The molecule has 1 saturated heterocycles. The van der Waals surface area contributed by atoms with Crippen LogP contribution in [0.3, 0.4) is 0 Å². The van der Waals surface area contributed by atoms with Crippen LogP contribution in [-0.4, -0.2) is 43.3 Å². The van der Waals surface area contributed by atoms with Gasteiger partial charge in [-0.2, -0.15) is 13.2 Å². The van der Waals surface area contributed by atoms with E-state index in [0.717, 1.165) is 32.5 Å². The third kappa shape index (κ3) is 7.78. The van der Waals surface area contributed by atoms with Gasteiger partial charge in [-0.25, -0.2) is 0 Å². The standard InChI is InChI=1S/C14H27F3N2/c1-11(2)8-19-6-4-5-13(9-19)7-12(3)18-10-14(15,16)17/h11-13,18H,4-10H2,1-3H3. The van der Waals surface area contributed by atoms with Gasteiger partial charge in [0.15, 0.2) is 0 Å². The first-order valence-electron chi connectivity index (χ1n) is 7.28. The van der Waals surface area contributed by atoms with Crippen LogP contribution in [0.15, 0.2) is 0 Å². The average molecular weight is 280 g/mol. The molecular formula is C14H27F3N2. The van der Waals surface area contributed by atoms with Crippen LogP contribution in [0.25, 0.3) is 0 Å². The van der Waals surface area contributed by atoms with Gasteiger partial charge < -0.3 is 10.2 Å². The predicted molar refractivity (Wildman–Crippen MR) is 72.1 cm³/mol. The van der Waals surface area contributed by atoms with E-state index in [1.165, 1.54) is 6.42 Å². The molecular weight excluding hydrogens is 253 g/mol. The van der Waals surface area contributed by atoms with Crippen molar-refractivity contribution in [3.63, 3.8) is 0 Å². The SMILES string of the molecule is CC(C)CN1CCCC(CC(C)NCC(F)(F)F)C1. The number of rotatable bonds is 6. The molecule has 2 unspecified atom stereocenters. The van der Waals surface area contributed by atoms with Crippen molar-refractivity contribution in [2.24, 2.45) is 11.8 Å². The lowest BCUT2D eigenvalue weighted by atomic mass is 9.91. The minimum Gasteiger partial charge on any atom is -0.306 e. The van der Waals surface area contributed by atoms with Crippen LogP contribution in [0, 0.1) is 11.8 Å².